The van der Waals surface area contributed by atoms with Gasteiger partial charge in [0, 0.05) is 5.69 Å². The Labute approximate surface area is 143 Å². The van der Waals surface area contributed by atoms with Gasteiger partial charge < -0.3 is 16.2 Å². The summed E-state index contributed by atoms with van der Waals surface area (Å²) in [5, 5.41) is 12.2. The maximum absolute atomic E-state index is 12.6. The quantitative estimate of drug-likeness (QED) is 0.660. The van der Waals surface area contributed by atoms with Crippen LogP contribution < -0.4 is 11.1 Å². The zero-order chi connectivity index (χ0) is 18.2. The van der Waals surface area contributed by atoms with E-state index in [9.17, 15) is 18.0 Å². The standard InChI is InChI=1S/C15H11F3N4O2S/c16-15(17,18)11-4-2-8(13(19)22-11)14(24)20-7-1-3-10-9(5-7)21-12(6-23)25-10/h1-5,23H,6H2,(H2,19,22)(H,20,24). The number of thiazole rings is 1. The average Bonchev–Trinajstić information content (AvgIpc) is 2.96. The molecule has 0 fully saturated rings. The highest BCUT2D eigenvalue weighted by Crippen LogP contribution is 2.29. The second-order valence-corrected chi connectivity index (χ2v) is 6.14. The number of pyridine rings is 1. The minimum absolute atomic E-state index is 0.164. The van der Waals surface area contributed by atoms with Crippen LogP contribution in [0.2, 0.25) is 0 Å². The number of nitrogens with two attached hydrogens (primary N) is 1. The number of carbonyl (C=O) groups excluding carboxylic acids is 1. The molecule has 0 saturated heterocycles. The minimum atomic E-state index is -4.64. The molecule has 4 N–H and O–H groups in total. The third kappa shape index (κ3) is 3.54. The molecule has 0 spiro atoms. The lowest BCUT2D eigenvalue weighted by molar-refractivity contribution is -0.141. The fraction of sp³-hybridized carbons (Fsp3) is 0.133. The van der Waals surface area contributed by atoms with Crippen LogP contribution in [0.3, 0.4) is 0 Å². The number of carbonyl (C=O) groups is 1. The highest BCUT2D eigenvalue weighted by molar-refractivity contribution is 7.18. The van der Waals surface area contributed by atoms with Crippen molar-refractivity contribution in [2.45, 2.75) is 12.8 Å². The van der Waals surface area contributed by atoms with Gasteiger partial charge in [-0.1, -0.05) is 0 Å². The summed E-state index contributed by atoms with van der Waals surface area (Å²) >= 11 is 1.32. The van der Waals surface area contributed by atoms with Crippen LogP contribution >= 0.6 is 11.3 Å². The predicted octanol–water partition coefficient (Wildman–Crippen LogP) is 3.04. The lowest BCUT2D eigenvalue weighted by Crippen LogP contribution is -2.17. The molecule has 1 amide bonds. The molecule has 130 valence electrons. The normalized spacial score (nSPS) is 11.7. The van der Waals surface area contributed by atoms with Gasteiger partial charge in [-0.3, -0.25) is 4.79 Å². The van der Waals surface area contributed by atoms with E-state index in [0.29, 0.717) is 22.3 Å². The number of nitrogens with one attached hydrogen (secondary N) is 1. The highest BCUT2D eigenvalue weighted by atomic mass is 32.1. The van der Waals surface area contributed by atoms with Crippen LogP contribution in [0.5, 0.6) is 0 Å². The zero-order valence-electron chi connectivity index (χ0n) is 12.5. The number of benzene rings is 1. The van der Waals surface area contributed by atoms with Gasteiger partial charge in [-0.05, 0) is 30.3 Å². The van der Waals surface area contributed by atoms with Crippen LogP contribution in [-0.2, 0) is 12.8 Å². The van der Waals surface area contributed by atoms with E-state index in [1.165, 1.54) is 11.3 Å². The molecule has 0 unspecified atom stereocenters. The molecule has 0 saturated carbocycles. The van der Waals surface area contributed by atoms with Crippen LogP contribution in [0.25, 0.3) is 10.2 Å². The number of halogens is 3. The predicted molar refractivity (Wildman–Crippen MR) is 87.1 cm³/mol. The van der Waals surface area contributed by atoms with Gasteiger partial charge in [0.15, 0.2) is 0 Å². The summed E-state index contributed by atoms with van der Waals surface area (Å²) in [7, 11) is 0. The highest BCUT2D eigenvalue weighted by Gasteiger charge is 2.33. The van der Waals surface area contributed by atoms with E-state index in [4.69, 9.17) is 10.8 Å². The van der Waals surface area contributed by atoms with Crippen molar-refractivity contribution in [1.82, 2.24) is 9.97 Å². The number of amides is 1. The molecular weight excluding hydrogens is 357 g/mol. The number of rotatable bonds is 3. The van der Waals surface area contributed by atoms with Crippen LogP contribution in [0.1, 0.15) is 21.1 Å². The Balaban J connectivity index is 1.84. The Hall–Kier alpha value is -2.72. The van der Waals surface area contributed by atoms with Crippen molar-refractivity contribution >= 4 is 39.0 Å². The Morgan fingerprint density at radius 3 is 2.64 bits per heavy atom. The number of aromatic nitrogens is 2. The average molecular weight is 368 g/mol. The summed E-state index contributed by atoms with van der Waals surface area (Å²) < 4.78 is 38.6. The molecule has 0 aliphatic carbocycles. The number of fused-ring (bicyclic) bond motifs is 1. The van der Waals surface area contributed by atoms with E-state index < -0.39 is 23.6 Å². The van der Waals surface area contributed by atoms with Gasteiger partial charge in [0.05, 0.1) is 22.4 Å². The molecule has 10 heteroatoms. The van der Waals surface area contributed by atoms with E-state index in [1.807, 2.05) is 0 Å². The second-order valence-electron chi connectivity index (χ2n) is 5.03. The monoisotopic (exact) mass is 368 g/mol. The Morgan fingerprint density at radius 2 is 2.00 bits per heavy atom. The van der Waals surface area contributed by atoms with Crippen molar-refractivity contribution in [2.75, 3.05) is 11.1 Å². The maximum Gasteiger partial charge on any atom is 0.433 e. The summed E-state index contributed by atoms with van der Waals surface area (Å²) in [5.74, 6) is -1.19. The minimum Gasteiger partial charge on any atom is -0.389 e. The van der Waals surface area contributed by atoms with Gasteiger partial charge in [0.25, 0.3) is 5.91 Å². The number of hydrogen-bond donors (Lipinski definition) is 3. The van der Waals surface area contributed by atoms with Crippen molar-refractivity contribution < 1.29 is 23.1 Å². The van der Waals surface area contributed by atoms with Gasteiger partial charge in [-0.15, -0.1) is 11.3 Å². The third-order valence-electron chi connectivity index (χ3n) is 3.28. The topological polar surface area (TPSA) is 101 Å². The smallest absolute Gasteiger partial charge is 0.389 e. The van der Waals surface area contributed by atoms with Gasteiger partial charge in [0.1, 0.15) is 16.5 Å². The van der Waals surface area contributed by atoms with E-state index in [0.717, 1.165) is 10.8 Å². The first kappa shape index (κ1) is 17.1. The number of aliphatic hydroxyl groups is 1. The first-order valence-electron chi connectivity index (χ1n) is 6.93. The zero-order valence-corrected chi connectivity index (χ0v) is 13.3. The van der Waals surface area contributed by atoms with Crippen molar-refractivity contribution in [3.05, 3.63) is 46.6 Å². The number of aliphatic hydroxyl groups excluding tert-OH is 1. The summed E-state index contributed by atoms with van der Waals surface area (Å²) in [6.45, 7) is -0.186. The molecule has 6 nitrogen and oxygen atoms in total. The summed E-state index contributed by atoms with van der Waals surface area (Å²) in [5.41, 5.74) is 5.13. The molecule has 2 heterocycles. The van der Waals surface area contributed by atoms with Crippen molar-refractivity contribution in [3.8, 4) is 0 Å². The fourth-order valence-electron chi connectivity index (χ4n) is 2.14. The summed E-state index contributed by atoms with van der Waals surface area (Å²) in [6, 6.07) is 6.61. The second kappa shape index (κ2) is 6.30. The lowest BCUT2D eigenvalue weighted by atomic mass is 10.2. The van der Waals surface area contributed by atoms with Crippen LogP contribution in [0.4, 0.5) is 24.7 Å². The van der Waals surface area contributed by atoms with E-state index in [-0.39, 0.29) is 12.2 Å². The first-order valence-corrected chi connectivity index (χ1v) is 7.75. The molecule has 3 rings (SSSR count). The Morgan fingerprint density at radius 1 is 1.24 bits per heavy atom. The van der Waals surface area contributed by atoms with Crippen LogP contribution in [-0.4, -0.2) is 21.0 Å². The first-order chi connectivity index (χ1) is 11.8. The van der Waals surface area contributed by atoms with Gasteiger partial charge >= 0.3 is 6.18 Å². The number of nitrogen functional groups attached to an aromatic ring is 1. The van der Waals surface area contributed by atoms with Crippen molar-refractivity contribution in [3.63, 3.8) is 0 Å². The molecule has 2 aromatic heterocycles. The number of nitrogens with zero attached hydrogens (tertiary/aromatic N) is 2. The number of alkyl halides is 3. The van der Waals surface area contributed by atoms with E-state index in [1.54, 1.807) is 18.2 Å². The molecular formula is C15H11F3N4O2S. The van der Waals surface area contributed by atoms with Crippen molar-refractivity contribution in [1.29, 1.82) is 0 Å². The lowest BCUT2D eigenvalue weighted by Gasteiger charge is -2.10. The van der Waals surface area contributed by atoms with E-state index in [2.05, 4.69) is 15.3 Å². The summed E-state index contributed by atoms with van der Waals surface area (Å²) in [6.07, 6.45) is -4.64. The van der Waals surface area contributed by atoms with Crippen LogP contribution in [0, 0.1) is 0 Å². The molecule has 3 aromatic rings. The van der Waals surface area contributed by atoms with Gasteiger partial charge in [-0.2, -0.15) is 13.2 Å². The molecule has 0 aliphatic heterocycles. The Kier molecular flexibility index (Phi) is 4.31. The van der Waals surface area contributed by atoms with Crippen LogP contribution in [0.15, 0.2) is 30.3 Å². The Bertz CT molecular complexity index is 956. The molecule has 1 aromatic carbocycles. The molecule has 25 heavy (non-hydrogen) atoms. The fourth-order valence-corrected chi connectivity index (χ4v) is 2.95. The number of anilines is 2. The molecule has 0 bridgehead atoms. The molecule has 0 radical (unpaired) electrons. The maximum atomic E-state index is 12.6. The summed E-state index contributed by atoms with van der Waals surface area (Å²) in [4.78, 5) is 19.6. The third-order valence-corrected chi connectivity index (χ3v) is 4.31. The van der Waals surface area contributed by atoms with E-state index >= 15 is 0 Å². The van der Waals surface area contributed by atoms with Gasteiger partial charge in [0.2, 0.25) is 0 Å². The SMILES string of the molecule is Nc1nc(C(F)(F)F)ccc1C(=O)Nc1ccc2sc(CO)nc2c1. The van der Waals surface area contributed by atoms with Crippen molar-refractivity contribution in [2.24, 2.45) is 0 Å². The largest absolute Gasteiger partial charge is 0.433 e. The van der Waals surface area contributed by atoms with Gasteiger partial charge in [-0.25, -0.2) is 9.97 Å². The number of hydrogen-bond acceptors (Lipinski definition) is 6. The molecule has 0 atom stereocenters. The molecule has 0 aliphatic rings.